The maximum atomic E-state index is 10.4. The van der Waals surface area contributed by atoms with Crippen LogP contribution in [0.4, 0.5) is 0 Å². The number of hydrogen-bond donors (Lipinski definition) is 3. The van der Waals surface area contributed by atoms with Gasteiger partial charge in [0, 0.05) is 6.42 Å². The smallest absolute Gasteiger partial charge is 0.303 e. The molecule has 0 rings (SSSR count). The van der Waals surface area contributed by atoms with Gasteiger partial charge in [0.25, 0.3) is 0 Å². The molecule has 0 heterocycles. The van der Waals surface area contributed by atoms with Gasteiger partial charge in [0.15, 0.2) is 0 Å². The Balaban J connectivity index is 4.15. The fourth-order valence-corrected chi connectivity index (χ4v) is 2.04. The minimum Gasteiger partial charge on any atom is -0.481 e. The van der Waals surface area contributed by atoms with E-state index in [0.717, 1.165) is 6.42 Å². The molecule has 6 heteroatoms. The Morgan fingerprint density at radius 3 is 1.86 bits per heavy atom. The number of carbonyl (C=O) groups is 1. The van der Waals surface area contributed by atoms with Gasteiger partial charge in [-0.15, -0.1) is 0 Å². The van der Waals surface area contributed by atoms with E-state index in [9.17, 15) is 4.79 Å². The largest absolute Gasteiger partial charge is 0.481 e. The van der Waals surface area contributed by atoms with Gasteiger partial charge in [-0.25, -0.2) is 9.78 Å². The predicted octanol–water partition coefficient (Wildman–Crippen LogP) is 5.49. The van der Waals surface area contributed by atoms with Crippen molar-refractivity contribution in [2.24, 2.45) is 0 Å². The molecule has 0 bridgehead atoms. The van der Waals surface area contributed by atoms with Crippen LogP contribution in [0.2, 0.25) is 0 Å². The van der Waals surface area contributed by atoms with Gasteiger partial charge in [0.2, 0.25) is 0 Å². The van der Waals surface area contributed by atoms with Gasteiger partial charge in [-0.1, -0.05) is 79.8 Å². The van der Waals surface area contributed by atoms with E-state index in [2.05, 4.69) is 9.78 Å². The first kappa shape index (κ1) is 25.8. The topological polar surface area (TPSA) is 96.2 Å². The molecule has 1 unspecified atom stereocenters. The van der Waals surface area contributed by atoms with E-state index in [1.165, 1.54) is 0 Å². The molecule has 0 amide bonds. The molecule has 0 fully saturated rings. The molecular weight excluding hydrogens is 360 g/mol. The lowest BCUT2D eigenvalue weighted by molar-refractivity contribution is -0.264. The van der Waals surface area contributed by atoms with Crippen LogP contribution in [-0.2, 0) is 14.6 Å². The standard InChI is InChI=1S/C22H32O6/c1-2-3-10-15-20(27-25)17-12-8-9-13-18-21(28-26)16-11-6-4-5-7-14-19-22(23)24/h3,5-13,17-18,20-21,25-26H,2,4,14-16,19H2,1H3,(H,23,24)/b7-5-,9-8-,10-3-,11-6-,17-12+,18-13+/t20-,21?/m0/s1. The van der Waals surface area contributed by atoms with E-state index in [4.69, 9.17) is 15.6 Å². The Morgan fingerprint density at radius 2 is 1.36 bits per heavy atom. The van der Waals surface area contributed by atoms with Crippen LogP contribution in [0, 0.1) is 0 Å². The monoisotopic (exact) mass is 392 g/mol. The van der Waals surface area contributed by atoms with E-state index >= 15 is 0 Å². The molecule has 156 valence electrons. The molecule has 28 heavy (non-hydrogen) atoms. The van der Waals surface area contributed by atoms with E-state index < -0.39 is 12.1 Å². The summed E-state index contributed by atoms with van der Waals surface area (Å²) in [6.45, 7) is 2.04. The van der Waals surface area contributed by atoms with Crippen molar-refractivity contribution in [1.29, 1.82) is 0 Å². The van der Waals surface area contributed by atoms with Crippen LogP contribution in [-0.4, -0.2) is 33.8 Å². The highest BCUT2D eigenvalue weighted by Gasteiger charge is 2.00. The van der Waals surface area contributed by atoms with Gasteiger partial charge < -0.3 is 5.11 Å². The van der Waals surface area contributed by atoms with E-state index in [1.54, 1.807) is 36.5 Å². The van der Waals surface area contributed by atoms with Crippen LogP contribution in [0.25, 0.3) is 0 Å². The van der Waals surface area contributed by atoms with Crippen LogP contribution >= 0.6 is 0 Å². The summed E-state index contributed by atoms with van der Waals surface area (Å²) >= 11 is 0. The SMILES string of the molecule is CC/C=C\C[C@@H](/C=C/C=C\C=C\C(C/C=C\C/C=C\CCC(=O)O)OO)OO. The van der Waals surface area contributed by atoms with Crippen molar-refractivity contribution < 1.29 is 30.2 Å². The van der Waals surface area contributed by atoms with Gasteiger partial charge in [0.05, 0.1) is 0 Å². The van der Waals surface area contributed by atoms with Crippen molar-refractivity contribution in [3.63, 3.8) is 0 Å². The first-order chi connectivity index (χ1) is 13.6. The average Bonchev–Trinajstić information content (AvgIpc) is 2.69. The van der Waals surface area contributed by atoms with Crippen LogP contribution in [0.3, 0.4) is 0 Å². The number of carboxylic acids is 1. The second-order valence-electron chi connectivity index (χ2n) is 5.90. The molecule has 0 aromatic heterocycles. The van der Waals surface area contributed by atoms with E-state index in [-0.39, 0.29) is 12.5 Å². The third kappa shape index (κ3) is 17.2. The highest BCUT2D eigenvalue weighted by atomic mass is 17.1. The summed E-state index contributed by atoms with van der Waals surface area (Å²) in [7, 11) is 0. The Labute approximate surface area is 167 Å². The van der Waals surface area contributed by atoms with Crippen molar-refractivity contribution in [2.45, 2.75) is 57.7 Å². The second-order valence-corrected chi connectivity index (χ2v) is 5.90. The molecule has 0 aliphatic carbocycles. The second kappa shape index (κ2) is 19.5. The summed E-state index contributed by atoms with van der Waals surface area (Å²) in [6.07, 6.45) is 24.7. The number of carboxylic acid groups (broad SMARTS) is 1. The van der Waals surface area contributed by atoms with Gasteiger partial charge in [-0.3, -0.25) is 15.3 Å². The molecule has 0 aliphatic heterocycles. The Morgan fingerprint density at radius 1 is 0.821 bits per heavy atom. The zero-order valence-electron chi connectivity index (χ0n) is 16.4. The third-order valence-electron chi connectivity index (χ3n) is 3.53. The molecule has 3 N–H and O–H groups in total. The summed E-state index contributed by atoms with van der Waals surface area (Å²) in [5.74, 6) is -0.801. The van der Waals surface area contributed by atoms with Crippen molar-refractivity contribution in [2.75, 3.05) is 0 Å². The summed E-state index contributed by atoms with van der Waals surface area (Å²) in [5, 5.41) is 26.3. The summed E-state index contributed by atoms with van der Waals surface area (Å²) < 4.78 is 0. The first-order valence-electron chi connectivity index (χ1n) is 9.42. The fourth-order valence-electron chi connectivity index (χ4n) is 2.04. The van der Waals surface area contributed by atoms with Gasteiger partial charge >= 0.3 is 5.97 Å². The molecular formula is C22H32O6. The first-order valence-corrected chi connectivity index (χ1v) is 9.42. The minimum atomic E-state index is -0.801. The lowest BCUT2D eigenvalue weighted by atomic mass is 10.2. The molecule has 0 spiro atoms. The number of rotatable bonds is 16. The third-order valence-corrected chi connectivity index (χ3v) is 3.53. The Kier molecular flexibility index (Phi) is 17.9. The van der Waals surface area contributed by atoms with E-state index in [0.29, 0.717) is 25.7 Å². The lowest BCUT2D eigenvalue weighted by Gasteiger charge is -2.04. The van der Waals surface area contributed by atoms with Crippen LogP contribution in [0.5, 0.6) is 0 Å². The maximum Gasteiger partial charge on any atom is 0.303 e. The summed E-state index contributed by atoms with van der Waals surface area (Å²) in [5.41, 5.74) is 0. The summed E-state index contributed by atoms with van der Waals surface area (Å²) in [6, 6.07) is 0. The van der Waals surface area contributed by atoms with Gasteiger partial charge in [0.1, 0.15) is 12.2 Å². The zero-order chi connectivity index (χ0) is 20.9. The number of hydrogen-bond acceptors (Lipinski definition) is 5. The fraction of sp³-hybridized carbons (Fsp3) is 0.409. The predicted molar refractivity (Wildman–Crippen MR) is 111 cm³/mol. The maximum absolute atomic E-state index is 10.4. The molecule has 0 saturated heterocycles. The lowest BCUT2D eigenvalue weighted by Crippen LogP contribution is -2.05. The normalized spacial score (nSPS) is 15.2. The molecule has 0 aromatic rings. The van der Waals surface area contributed by atoms with Gasteiger partial charge in [-0.05, 0) is 32.1 Å². The van der Waals surface area contributed by atoms with Crippen LogP contribution in [0.1, 0.15) is 45.4 Å². The van der Waals surface area contributed by atoms with Crippen LogP contribution in [0.15, 0.2) is 72.9 Å². The Hall–Kier alpha value is -2.25. The molecule has 0 radical (unpaired) electrons. The van der Waals surface area contributed by atoms with Crippen molar-refractivity contribution in [3.8, 4) is 0 Å². The Bertz CT molecular complexity index is 557. The number of allylic oxidation sites excluding steroid dienone is 8. The minimum absolute atomic E-state index is 0.137. The van der Waals surface area contributed by atoms with Crippen LogP contribution < -0.4 is 0 Å². The number of aliphatic carboxylic acids is 1. The van der Waals surface area contributed by atoms with Crippen molar-refractivity contribution in [1.82, 2.24) is 0 Å². The van der Waals surface area contributed by atoms with Gasteiger partial charge in [-0.2, -0.15) is 0 Å². The van der Waals surface area contributed by atoms with E-state index in [1.807, 2.05) is 43.4 Å². The molecule has 0 saturated carbocycles. The average molecular weight is 392 g/mol. The highest BCUT2D eigenvalue weighted by Crippen LogP contribution is 2.03. The van der Waals surface area contributed by atoms with Crippen molar-refractivity contribution >= 4 is 5.97 Å². The molecule has 6 nitrogen and oxygen atoms in total. The highest BCUT2D eigenvalue weighted by molar-refractivity contribution is 5.66. The summed E-state index contributed by atoms with van der Waals surface area (Å²) in [4.78, 5) is 19.1. The molecule has 0 aliphatic rings. The van der Waals surface area contributed by atoms with Crippen molar-refractivity contribution in [3.05, 3.63) is 72.9 Å². The molecule has 2 atom stereocenters. The molecule has 0 aromatic carbocycles. The quantitative estimate of drug-likeness (QED) is 0.139. The zero-order valence-corrected chi connectivity index (χ0v) is 16.4.